The molecule has 6 heteroatoms. The smallest absolute Gasteiger partial charge is 0.279 e. The Morgan fingerprint density at radius 2 is 1.82 bits per heavy atom. The first-order chi connectivity index (χ1) is 7.83. The molecule has 1 rings (SSSR count). The fourth-order valence-corrected chi connectivity index (χ4v) is 2.30. The first-order valence-electron chi connectivity index (χ1n) is 5.40. The summed E-state index contributed by atoms with van der Waals surface area (Å²) in [5, 5.41) is 0. The van der Waals surface area contributed by atoms with Gasteiger partial charge in [0, 0.05) is 25.3 Å². The Morgan fingerprint density at radius 1 is 1.29 bits per heavy atom. The zero-order valence-electron chi connectivity index (χ0n) is 10.3. The van der Waals surface area contributed by atoms with Gasteiger partial charge in [-0.15, -0.1) is 0 Å². The summed E-state index contributed by atoms with van der Waals surface area (Å²) in [6.45, 7) is 3.91. The third-order valence-corrected chi connectivity index (χ3v) is 4.23. The normalized spacial score (nSPS) is 12.3. The molecule has 0 amide bonds. The Morgan fingerprint density at radius 3 is 2.29 bits per heavy atom. The van der Waals surface area contributed by atoms with Crippen LogP contribution < -0.4 is 10.5 Å². The minimum absolute atomic E-state index is 0.0704. The SMILES string of the molecule is CC(C)N(C)S(=O)(=O)NCc1ccc(N)cc1. The second-order valence-electron chi connectivity index (χ2n) is 4.18. The van der Waals surface area contributed by atoms with Crippen LogP contribution in [0.1, 0.15) is 19.4 Å². The van der Waals surface area contributed by atoms with Gasteiger partial charge in [-0.2, -0.15) is 17.4 Å². The van der Waals surface area contributed by atoms with E-state index in [9.17, 15) is 8.42 Å². The van der Waals surface area contributed by atoms with Crippen molar-refractivity contribution < 1.29 is 8.42 Å². The zero-order chi connectivity index (χ0) is 13.1. The number of nitrogens with one attached hydrogen (secondary N) is 1. The van der Waals surface area contributed by atoms with Gasteiger partial charge in [-0.1, -0.05) is 12.1 Å². The third kappa shape index (κ3) is 3.99. The quantitative estimate of drug-likeness (QED) is 0.771. The van der Waals surface area contributed by atoms with Crippen molar-refractivity contribution in [2.45, 2.75) is 26.4 Å². The van der Waals surface area contributed by atoms with Crippen molar-refractivity contribution in [3.63, 3.8) is 0 Å². The molecular weight excluding hydrogens is 238 g/mol. The number of benzene rings is 1. The van der Waals surface area contributed by atoms with E-state index in [1.165, 1.54) is 4.31 Å². The third-order valence-electron chi connectivity index (χ3n) is 2.54. The van der Waals surface area contributed by atoms with E-state index in [1.807, 2.05) is 13.8 Å². The zero-order valence-corrected chi connectivity index (χ0v) is 11.2. The number of nitrogens with two attached hydrogens (primary N) is 1. The molecule has 0 aliphatic heterocycles. The highest BCUT2D eigenvalue weighted by molar-refractivity contribution is 7.87. The predicted molar refractivity (Wildman–Crippen MR) is 69.5 cm³/mol. The summed E-state index contributed by atoms with van der Waals surface area (Å²) >= 11 is 0. The lowest BCUT2D eigenvalue weighted by Gasteiger charge is -2.21. The van der Waals surface area contributed by atoms with Crippen LogP contribution in [0.5, 0.6) is 0 Å². The number of rotatable bonds is 5. The molecule has 5 nitrogen and oxygen atoms in total. The Hall–Kier alpha value is -1.11. The fraction of sp³-hybridized carbons (Fsp3) is 0.455. The highest BCUT2D eigenvalue weighted by Gasteiger charge is 2.19. The second kappa shape index (κ2) is 5.48. The molecule has 0 aromatic heterocycles. The van der Waals surface area contributed by atoms with E-state index in [0.717, 1.165) is 5.56 Å². The van der Waals surface area contributed by atoms with Crippen molar-refractivity contribution in [3.8, 4) is 0 Å². The van der Waals surface area contributed by atoms with Crippen molar-refractivity contribution in [1.29, 1.82) is 0 Å². The van der Waals surface area contributed by atoms with Crippen LogP contribution in [0.3, 0.4) is 0 Å². The van der Waals surface area contributed by atoms with Crippen LogP contribution in [-0.2, 0) is 16.8 Å². The summed E-state index contributed by atoms with van der Waals surface area (Å²) in [6, 6.07) is 7.02. The highest BCUT2D eigenvalue weighted by Crippen LogP contribution is 2.07. The maximum atomic E-state index is 11.8. The van der Waals surface area contributed by atoms with Gasteiger partial charge in [0.05, 0.1) is 0 Å². The lowest BCUT2D eigenvalue weighted by molar-refractivity contribution is 0.402. The van der Waals surface area contributed by atoms with Gasteiger partial charge in [-0.3, -0.25) is 0 Å². The van der Waals surface area contributed by atoms with Crippen molar-refractivity contribution in [1.82, 2.24) is 9.03 Å². The molecule has 0 bridgehead atoms. The average Bonchev–Trinajstić information content (AvgIpc) is 2.27. The Kier molecular flexibility index (Phi) is 4.50. The maximum absolute atomic E-state index is 11.8. The van der Waals surface area contributed by atoms with Crippen LogP contribution in [0.15, 0.2) is 24.3 Å². The van der Waals surface area contributed by atoms with E-state index in [-0.39, 0.29) is 12.6 Å². The van der Waals surface area contributed by atoms with Crippen molar-refractivity contribution in [2.24, 2.45) is 0 Å². The Bertz CT molecular complexity index is 454. The average molecular weight is 257 g/mol. The first kappa shape index (κ1) is 14.0. The van der Waals surface area contributed by atoms with Gasteiger partial charge >= 0.3 is 0 Å². The molecule has 0 spiro atoms. The van der Waals surface area contributed by atoms with Crippen LogP contribution in [0.2, 0.25) is 0 Å². The number of nitrogens with zero attached hydrogens (tertiary/aromatic N) is 1. The van der Waals surface area contributed by atoms with Crippen molar-refractivity contribution in [2.75, 3.05) is 12.8 Å². The van der Waals surface area contributed by atoms with Crippen LogP contribution in [0.4, 0.5) is 5.69 Å². The van der Waals surface area contributed by atoms with E-state index in [4.69, 9.17) is 5.73 Å². The van der Waals surface area contributed by atoms with Crippen molar-refractivity contribution in [3.05, 3.63) is 29.8 Å². The van der Waals surface area contributed by atoms with E-state index in [0.29, 0.717) is 5.69 Å². The molecule has 0 fully saturated rings. The molecule has 0 atom stereocenters. The summed E-state index contributed by atoms with van der Waals surface area (Å²) in [5.74, 6) is 0. The lowest BCUT2D eigenvalue weighted by Crippen LogP contribution is -2.41. The van der Waals surface area contributed by atoms with Gasteiger partial charge in [0.25, 0.3) is 10.2 Å². The van der Waals surface area contributed by atoms with Gasteiger partial charge in [0.2, 0.25) is 0 Å². The monoisotopic (exact) mass is 257 g/mol. The molecule has 0 saturated heterocycles. The largest absolute Gasteiger partial charge is 0.399 e. The number of hydrogen-bond donors (Lipinski definition) is 2. The van der Waals surface area contributed by atoms with E-state index >= 15 is 0 Å². The molecule has 0 radical (unpaired) electrons. The Balaban J connectivity index is 2.64. The maximum Gasteiger partial charge on any atom is 0.279 e. The second-order valence-corrected chi connectivity index (χ2v) is 5.99. The summed E-state index contributed by atoms with van der Waals surface area (Å²) in [5.41, 5.74) is 7.09. The lowest BCUT2D eigenvalue weighted by atomic mass is 10.2. The molecule has 0 saturated carbocycles. The Labute approximate surface area is 103 Å². The van der Waals surface area contributed by atoms with Gasteiger partial charge in [-0.05, 0) is 31.5 Å². The molecule has 0 aliphatic rings. The highest BCUT2D eigenvalue weighted by atomic mass is 32.2. The number of anilines is 1. The minimum atomic E-state index is -3.42. The summed E-state index contributed by atoms with van der Waals surface area (Å²) < 4.78 is 27.4. The van der Waals surface area contributed by atoms with Gasteiger partial charge in [-0.25, -0.2) is 0 Å². The number of hydrogen-bond acceptors (Lipinski definition) is 3. The predicted octanol–water partition coefficient (Wildman–Crippen LogP) is 0.943. The summed E-state index contributed by atoms with van der Waals surface area (Å²) in [4.78, 5) is 0. The fourth-order valence-electron chi connectivity index (χ4n) is 1.19. The van der Waals surface area contributed by atoms with Crippen LogP contribution >= 0.6 is 0 Å². The minimum Gasteiger partial charge on any atom is -0.399 e. The standard InChI is InChI=1S/C11H19N3O2S/c1-9(2)14(3)17(15,16)13-8-10-4-6-11(12)7-5-10/h4-7,9,13H,8,12H2,1-3H3. The van der Waals surface area contributed by atoms with Crippen LogP contribution in [0, 0.1) is 0 Å². The summed E-state index contributed by atoms with van der Waals surface area (Å²) in [7, 11) is -1.86. The van der Waals surface area contributed by atoms with Crippen LogP contribution in [-0.4, -0.2) is 25.8 Å². The number of nitrogen functional groups attached to an aromatic ring is 1. The molecule has 0 heterocycles. The van der Waals surface area contributed by atoms with E-state index < -0.39 is 10.2 Å². The molecule has 1 aromatic carbocycles. The first-order valence-corrected chi connectivity index (χ1v) is 6.84. The molecule has 96 valence electrons. The molecule has 3 N–H and O–H groups in total. The molecular formula is C11H19N3O2S. The van der Waals surface area contributed by atoms with E-state index in [2.05, 4.69) is 4.72 Å². The topological polar surface area (TPSA) is 75.4 Å². The van der Waals surface area contributed by atoms with Gasteiger partial charge in [0.15, 0.2) is 0 Å². The molecule has 0 unspecified atom stereocenters. The van der Waals surface area contributed by atoms with Gasteiger partial charge in [0.1, 0.15) is 0 Å². The molecule has 0 aliphatic carbocycles. The van der Waals surface area contributed by atoms with Crippen molar-refractivity contribution >= 4 is 15.9 Å². The van der Waals surface area contributed by atoms with Crippen LogP contribution in [0.25, 0.3) is 0 Å². The molecule has 17 heavy (non-hydrogen) atoms. The van der Waals surface area contributed by atoms with E-state index in [1.54, 1.807) is 31.3 Å². The van der Waals surface area contributed by atoms with Gasteiger partial charge < -0.3 is 5.73 Å². The summed E-state index contributed by atoms with van der Waals surface area (Å²) in [6.07, 6.45) is 0. The molecule has 1 aromatic rings.